The molecule has 1 aliphatic rings. The monoisotopic (exact) mass is 351 g/mol. The topological polar surface area (TPSA) is 127 Å². The Labute approximate surface area is 146 Å². The number of nitrogens with one attached hydrogen (secondary N) is 1. The van der Waals surface area contributed by atoms with Crippen molar-refractivity contribution in [2.75, 3.05) is 6.54 Å². The van der Waals surface area contributed by atoms with E-state index in [2.05, 4.69) is 5.32 Å². The molecule has 1 unspecified atom stereocenters. The number of hydrogen-bond donors (Lipinski definition) is 2. The molecule has 1 heterocycles. The van der Waals surface area contributed by atoms with E-state index in [1.54, 1.807) is 20.8 Å². The molecule has 8 heteroatoms. The number of rotatable bonds is 9. The van der Waals surface area contributed by atoms with Crippen LogP contribution < -0.4 is 11.1 Å². The number of Topliss-reactive ketones (excluding diaryl/α,β-unsaturated/α-hetero) is 2. The lowest BCUT2D eigenvalue weighted by Crippen LogP contribution is -2.57. The fraction of sp³-hybridized carbons (Fsp3) is 0.588. The third kappa shape index (κ3) is 5.06. The maximum atomic E-state index is 12.5. The highest BCUT2D eigenvalue weighted by Gasteiger charge is 2.37. The Bertz CT molecular complexity index is 593. The number of amides is 3. The lowest BCUT2D eigenvalue weighted by molar-refractivity contribution is -0.145. The molecule has 0 aromatic heterocycles. The van der Waals surface area contributed by atoms with Crippen LogP contribution in [0.4, 0.5) is 0 Å². The van der Waals surface area contributed by atoms with Crippen LogP contribution >= 0.6 is 0 Å². The second kappa shape index (κ2) is 8.66. The van der Waals surface area contributed by atoms with E-state index in [1.165, 1.54) is 6.92 Å². The average Bonchev–Trinajstić information content (AvgIpc) is 2.85. The first-order chi connectivity index (χ1) is 11.6. The Kier molecular flexibility index (Phi) is 7.17. The summed E-state index contributed by atoms with van der Waals surface area (Å²) in [6.07, 6.45) is 2.14. The van der Waals surface area contributed by atoms with Gasteiger partial charge in [-0.25, -0.2) is 0 Å². The fourth-order valence-electron chi connectivity index (χ4n) is 2.49. The third-order valence-corrected chi connectivity index (χ3v) is 4.19. The van der Waals surface area contributed by atoms with Gasteiger partial charge in [0.05, 0.1) is 6.04 Å². The zero-order valence-electron chi connectivity index (χ0n) is 14.9. The van der Waals surface area contributed by atoms with Crippen molar-refractivity contribution in [3.05, 3.63) is 12.2 Å². The summed E-state index contributed by atoms with van der Waals surface area (Å²) >= 11 is 0. The Hall–Kier alpha value is -2.35. The molecule has 0 radical (unpaired) electrons. The van der Waals surface area contributed by atoms with Crippen LogP contribution in [0.5, 0.6) is 0 Å². The predicted molar refractivity (Wildman–Crippen MR) is 90.1 cm³/mol. The van der Waals surface area contributed by atoms with Gasteiger partial charge in [0.2, 0.25) is 5.91 Å². The highest BCUT2D eigenvalue weighted by molar-refractivity contribution is 6.15. The summed E-state index contributed by atoms with van der Waals surface area (Å²) in [5, 5.41) is 2.58. The smallest absolute Gasteiger partial charge is 0.254 e. The summed E-state index contributed by atoms with van der Waals surface area (Å²) in [6.45, 7) is 6.31. The van der Waals surface area contributed by atoms with Crippen molar-refractivity contribution in [2.45, 2.75) is 46.2 Å². The van der Waals surface area contributed by atoms with Crippen molar-refractivity contribution in [1.82, 2.24) is 10.2 Å². The molecule has 3 amide bonds. The molecule has 0 aromatic rings. The van der Waals surface area contributed by atoms with Crippen molar-refractivity contribution in [2.24, 2.45) is 17.6 Å². The Morgan fingerprint density at radius 2 is 1.64 bits per heavy atom. The van der Waals surface area contributed by atoms with Crippen LogP contribution in [0.15, 0.2) is 12.2 Å². The number of nitrogens with zero attached hydrogens (tertiary/aromatic N) is 1. The first-order valence-corrected chi connectivity index (χ1v) is 8.19. The van der Waals surface area contributed by atoms with E-state index < -0.39 is 35.7 Å². The zero-order chi connectivity index (χ0) is 19.3. The predicted octanol–water partition coefficient (Wildman–Crippen LogP) is -0.436. The maximum absolute atomic E-state index is 12.5. The summed E-state index contributed by atoms with van der Waals surface area (Å²) < 4.78 is 0. The van der Waals surface area contributed by atoms with Crippen molar-refractivity contribution in [3.8, 4) is 0 Å². The Balaban J connectivity index is 2.87. The number of hydrogen-bond acceptors (Lipinski definition) is 6. The van der Waals surface area contributed by atoms with Gasteiger partial charge in [0.25, 0.3) is 11.8 Å². The van der Waals surface area contributed by atoms with Crippen molar-refractivity contribution >= 4 is 29.3 Å². The third-order valence-electron chi connectivity index (χ3n) is 4.19. The summed E-state index contributed by atoms with van der Waals surface area (Å²) in [6, 6.07) is -2.02. The van der Waals surface area contributed by atoms with Gasteiger partial charge in [0, 0.05) is 31.0 Å². The second-order valence-corrected chi connectivity index (χ2v) is 6.54. The molecule has 3 atom stereocenters. The van der Waals surface area contributed by atoms with Gasteiger partial charge in [-0.1, -0.05) is 20.8 Å². The van der Waals surface area contributed by atoms with Crippen LogP contribution in [0.1, 0.15) is 34.1 Å². The average molecular weight is 351 g/mol. The van der Waals surface area contributed by atoms with Gasteiger partial charge < -0.3 is 11.1 Å². The quantitative estimate of drug-likeness (QED) is 0.543. The molecule has 3 N–H and O–H groups in total. The lowest BCUT2D eigenvalue weighted by atomic mass is 9.91. The van der Waals surface area contributed by atoms with Crippen LogP contribution in [0, 0.1) is 11.8 Å². The Morgan fingerprint density at radius 3 is 2.04 bits per heavy atom. The number of ketones is 2. The van der Waals surface area contributed by atoms with Crippen LogP contribution in [0.2, 0.25) is 0 Å². The van der Waals surface area contributed by atoms with E-state index in [4.69, 9.17) is 5.73 Å². The van der Waals surface area contributed by atoms with E-state index >= 15 is 0 Å². The highest BCUT2D eigenvalue weighted by atomic mass is 16.2. The molecule has 1 aliphatic heterocycles. The minimum atomic E-state index is -1.19. The summed E-state index contributed by atoms with van der Waals surface area (Å²) in [4.78, 5) is 60.6. The molecule has 8 nitrogen and oxygen atoms in total. The summed E-state index contributed by atoms with van der Waals surface area (Å²) in [7, 11) is 0. The van der Waals surface area contributed by atoms with E-state index in [9.17, 15) is 24.0 Å². The molecule has 1 rings (SSSR count). The summed E-state index contributed by atoms with van der Waals surface area (Å²) in [5.41, 5.74) is 5.56. The van der Waals surface area contributed by atoms with Crippen LogP contribution in [0.25, 0.3) is 0 Å². The van der Waals surface area contributed by atoms with Crippen LogP contribution in [0.3, 0.4) is 0 Å². The molecule has 138 valence electrons. The van der Waals surface area contributed by atoms with Gasteiger partial charge in [-0.15, -0.1) is 0 Å². The van der Waals surface area contributed by atoms with E-state index in [0.29, 0.717) is 0 Å². The number of carbonyl (C=O) groups is 5. The SMILES string of the molecule is CC(=O)[C@H](C)CC(=O)[C@@H](NC(=O)C(CN)N1C(=O)C=CC1=O)C(C)C. The molecule has 0 spiro atoms. The lowest BCUT2D eigenvalue weighted by Gasteiger charge is -2.28. The van der Waals surface area contributed by atoms with Crippen molar-refractivity contribution < 1.29 is 24.0 Å². The normalized spacial score (nSPS) is 17.6. The molecular formula is C17H25N3O5. The van der Waals surface area contributed by atoms with Gasteiger partial charge in [-0.05, 0) is 12.8 Å². The molecule has 0 aliphatic carbocycles. The molecule has 0 aromatic carbocycles. The van der Waals surface area contributed by atoms with Crippen molar-refractivity contribution in [3.63, 3.8) is 0 Å². The fourth-order valence-corrected chi connectivity index (χ4v) is 2.49. The molecule has 0 fully saturated rings. The minimum absolute atomic E-state index is 0.00881. The summed E-state index contributed by atoms with van der Waals surface area (Å²) in [5.74, 6) is -2.96. The van der Waals surface area contributed by atoms with Gasteiger partial charge in [0.15, 0.2) is 5.78 Å². The second-order valence-electron chi connectivity index (χ2n) is 6.54. The minimum Gasteiger partial charge on any atom is -0.344 e. The first-order valence-electron chi connectivity index (χ1n) is 8.19. The maximum Gasteiger partial charge on any atom is 0.254 e. The number of carbonyl (C=O) groups excluding carboxylic acids is 5. The standard InChI is InChI=1S/C17H25N3O5/c1-9(2)16(13(22)7-10(3)11(4)21)19-17(25)12(8-18)20-14(23)5-6-15(20)24/h5-6,9-10,12,16H,7-8,18H2,1-4H3,(H,19,25)/t10-,12?,16+/m1/s1. The molecular weight excluding hydrogens is 326 g/mol. The largest absolute Gasteiger partial charge is 0.344 e. The van der Waals surface area contributed by atoms with E-state index in [-0.39, 0.29) is 30.4 Å². The van der Waals surface area contributed by atoms with Gasteiger partial charge >= 0.3 is 0 Å². The Morgan fingerprint density at radius 1 is 1.12 bits per heavy atom. The molecule has 0 bridgehead atoms. The van der Waals surface area contributed by atoms with E-state index in [0.717, 1.165) is 17.1 Å². The van der Waals surface area contributed by atoms with Crippen molar-refractivity contribution in [1.29, 1.82) is 0 Å². The van der Waals surface area contributed by atoms with Gasteiger partial charge in [0.1, 0.15) is 11.8 Å². The van der Waals surface area contributed by atoms with Crippen LogP contribution in [-0.2, 0) is 24.0 Å². The number of imide groups is 1. The zero-order valence-corrected chi connectivity index (χ0v) is 14.9. The molecule has 0 saturated heterocycles. The van der Waals surface area contributed by atoms with E-state index in [1.807, 2.05) is 0 Å². The van der Waals surface area contributed by atoms with Crippen LogP contribution in [-0.4, -0.2) is 52.8 Å². The molecule has 25 heavy (non-hydrogen) atoms. The highest BCUT2D eigenvalue weighted by Crippen LogP contribution is 2.14. The van der Waals surface area contributed by atoms with Gasteiger partial charge in [-0.2, -0.15) is 0 Å². The molecule has 0 saturated carbocycles. The first kappa shape index (κ1) is 20.7. The van der Waals surface area contributed by atoms with Gasteiger partial charge in [-0.3, -0.25) is 28.9 Å². The number of nitrogens with two attached hydrogens (primary N) is 1.